The predicted molar refractivity (Wildman–Crippen MR) is 110 cm³/mol. The van der Waals surface area contributed by atoms with Crippen LogP contribution in [-0.2, 0) is 0 Å². The molecule has 0 saturated carbocycles. The van der Waals surface area contributed by atoms with Gasteiger partial charge in [0.15, 0.2) is 6.29 Å². The summed E-state index contributed by atoms with van der Waals surface area (Å²) in [6.07, 6.45) is 11.5. The summed E-state index contributed by atoms with van der Waals surface area (Å²) in [7, 11) is 3.11. The van der Waals surface area contributed by atoms with E-state index in [1.807, 2.05) is 18.2 Å². The van der Waals surface area contributed by atoms with E-state index in [4.69, 9.17) is 9.47 Å². The van der Waals surface area contributed by atoms with Gasteiger partial charge < -0.3 is 9.47 Å². The number of benzene rings is 2. The second kappa shape index (κ2) is 8.54. The fraction of sp³-hybridized carbons (Fsp3) is 0.208. The van der Waals surface area contributed by atoms with Crippen molar-refractivity contribution in [1.82, 2.24) is 0 Å². The zero-order valence-corrected chi connectivity index (χ0v) is 15.9. The van der Waals surface area contributed by atoms with Crippen LogP contribution in [0.15, 0.2) is 66.8 Å². The molecule has 0 aliphatic heterocycles. The molecule has 2 unspecified atom stereocenters. The molecule has 2 atom stereocenters. The van der Waals surface area contributed by atoms with Crippen LogP contribution in [-0.4, -0.2) is 20.5 Å². The van der Waals surface area contributed by atoms with Gasteiger partial charge in [-0.25, -0.2) is 0 Å². The molecule has 0 fully saturated rings. The van der Waals surface area contributed by atoms with Gasteiger partial charge in [0.25, 0.3) is 0 Å². The average Bonchev–Trinajstić information content (AvgIpc) is 2.72. The third-order valence-electron chi connectivity index (χ3n) is 4.98. The van der Waals surface area contributed by atoms with Gasteiger partial charge in [-0.1, -0.05) is 67.6 Å². The first-order valence-corrected chi connectivity index (χ1v) is 9.01. The SMILES string of the molecule is COc1cc(/C=C/C2C=CC=C(c3ccccc3)C2C)cc(OC)c1C=O. The number of ether oxygens (including phenoxy) is 2. The topological polar surface area (TPSA) is 35.5 Å². The number of rotatable bonds is 6. The lowest BCUT2D eigenvalue weighted by atomic mass is 9.80. The molecule has 0 saturated heterocycles. The van der Waals surface area contributed by atoms with E-state index >= 15 is 0 Å². The number of methoxy groups -OCH3 is 2. The van der Waals surface area contributed by atoms with Crippen molar-refractivity contribution in [3.8, 4) is 11.5 Å². The lowest BCUT2D eigenvalue weighted by Gasteiger charge is -2.24. The minimum atomic E-state index is 0.285. The largest absolute Gasteiger partial charge is 0.496 e. The number of allylic oxidation sites excluding steroid dienone is 5. The van der Waals surface area contributed by atoms with Gasteiger partial charge >= 0.3 is 0 Å². The fourth-order valence-electron chi connectivity index (χ4n) is 3.43. The summed E-state index contributed by atoms with van der Waals surface area (Å²) in [4.78, 5) is 11.3. The zero-order valence-electron chi connectivity index (χ0n) is 15.9. The third-order valence-corrected chi connectivity index (χ3v) is 4.98. The molecule has 138 valence electrons. The number of carbonyl (C=O) groups excluding carboxylic acids is 1. The van der Waals surface area contributed by atoms with Crippen LogP contribution in [0.5, 0.6) is 11.5 Å². The molecule has 1 aliphatic rings. The molecule has 3 heteroatoms. The van der Waals surface area contributed by atoms with Crippen LogP contribution in [0.4, 0.5) is 0 Å². The Kier molecular flexibility index (Phi) is 5.92. The lowest BCUT2D eigenvalue weighted by Crippen LogP contribution is -2.11. The zero-order chi connectivity index (χ0) is 19.2. The van der Waals surface area contributed by atoms with Gasteiger partial charge in [0.05, 0.1) is 19.8 Å². The fourth-order valence-corrected chi connectivity index (χ4v) is 3.43. The standard InChI is InChI=1S/C24H24O3/c1-17-19(10-7-11-21(17)20-8-5-4-6-9-20)13-12-18-14-23(26-2)22(16-25)24(15-18)27-3/h4-17,19H,1-3H3/b13-12+. The summed E-state index contributed by atoms with van der Waals surface area (Å²) < 4.78 is 10.7. The molecule has 0 amide bonds. The Balaban J connectivity index is 1.85. The molecule has 0 spiro atoms. The first-order valence-electron chi connectivity index (χ1n) is 9.01. The van der Waals surface area contributed by atoms with Crippen LogP contribution >= 0.6 is 0 Å². The molecule has 0 radical (unpaired) electrons. The van der Waals surface area contributed by atoms with Gasteiger partial charge in [-0.3, -0.25) is 4.79 Å². The van der Waals surface area contributed by atoms with Crippen LogP contribution in [0.25, 0.3) is 11.6 Å². The van der Waals surface area contributed by atoms with Gasteiger partial charge in [-0.05, 0) is 34.8 Å². The van der Waals surface area contributed by atoms with Crippen molar-refractivity contribution in [3.63, 3.8) is 0 Å². The van der Waals surface area contributed by atoms with Gasteiger partial charge in [0.1, 0.15) is 11.5 Å². The molecular weight excluding hydrogens is 336 g/mol. The lowest BCUT2D eigenvalue weighted by molar-refractivity contribution is 0.111. The molecule has 27 heavy (non-hydrogen) atoms. The van der Waals surface area contributed by atoms with Crippen molar-refractivity contribution in [2.24, 2.45) is 11.8 Å². The Morgan fingerprint density at radius 3 is 2.26 bits per heavy atom. The van der Waals surface area contributed by atoms with Gasteiger partial charge in [0.2, 0.25) is 0 Å². The van der Waals surface area contributed by atoms with E-state index in [0.717, 1.165) is 11.8 Å². The van der Waals surface area contributed by atoms with E-state index in [2.05, 4.69) is 61.6 Å². The summed E-state index contributed by atoms with van der Waals surface area (Å²) in [5, 5.41) is 0. The summed E-state index contributed by atoms with van der Waals surface area (Å²) in [5.41, 5.74) is 3.95. The maximum atomic E-state index is 11.3. The highest BCUT2D eigenvalue weighted by atomic mass is 16.5. The quantitative estimate of drug-likeness (QED) is 0.644. The summed E-state index contributed by atoms with van der Waals surface area (Å²) >= 11 is 0. The molecular formula is C24H24O3. The third kappa shape index (κ3) is 4.03. The predicted octanol–water partition coefficient (Wildman–Crippen LogP) is 5.44. The first kappa shape index (κ1) is 18.7. The molecule has 3 nitrogen and oxygen atoms in total. The van der Waals surface area contributed by atoms with Crippen molar-refractivity contribution in [3.05, 3.63) is 83.5 Å². The molecule has 0 heterocycles. The molecule has 2 aromatic carbocycles. The Morgan fingerprint density at radius 2 is 1.67 bits per heavy atom. The van der Waals surface area contributed by atoms with Crippen molar-refractivity contribution in [2.75, 3.05) is 14.2 Å². The van der Waals surface area contributed by atoms with E-state index in [-0.39, 0.29) is 5.92 Å². The molecule has 3 rings (SSSR count). The van der Waals surface area contributed by atoms with Gasteiger partial charge in [-0.15, -0.1) is 0 Å². The Labute approximate surface area is 160 Å². The summed E-state index contributed by atoms with van der Waals surface area (Å²) in [6, 6.07) is 14.2. The Morgan fingerprint density at radius 1 is 1.00 bits per heavy atom. The normalized spacial score (nSPS) is 19.0. The van der Waals surface area contributed by atoms with Crippen LogP contribution in [0.2, 0.25) is 0 Å². The van der Waals surface area contributed by atoms with E-state index < -0.39 is 0 Å². The molecule has 0 aromatic heterocycles. The van der Waals surface area contributed by atoms with E-state index in [0.29, 0.717) is 23.0 Å². The maximum absolute atomic E-state index is 11.3. The van der Waals surface area contributed by atoms with Crippen LogP contribution < -0.4 is 9.47 Å². The minimum Gasteiger partial charge on any atom is -0.496 e. The highest BCUT2D eigenvalue weighted by Crippen LogP contribution is 2.35. The van der Waals surface area contributed by atoms with Crippen molar-refractivity contribution in [1.29, 1.82) is 0 Å². The average molecular weight is 360 g/mol. The molecule has 0 N–H and O–H groups in total. The number of carbonyl (C=O) groups is 1. The van der Waals surface area contributed by atoms with Gasteiger partial charge in [0, 0.05) is 5.92 Å². The molecule has 1 aliphatic carbocycles. The first-order chi connectivity index (χ1) is 13.2. The van der Waals surface area contributed by atoms with Crippen molar-refractivity contribution >= 4 is 17.9 Å². The van der Waals surface area contributed by atoms with Crippen LogP contribution in [0, 0.1) is 11.8 Å². The maximum Gasteiger partial charge on any atom is 0.157 e. The highest BCUT2D eigenvalue weighted by Gasteiger charge is 2.20. The number of hydrogen-bond acceptors (Lipinski definition) is 3. The van der Waals surface area contributed by atoms with E-state index in [1.165, 1.54) is 11.1 Å². The van der Waals surface area contributed by atoms with Crippen molar-refractivity contribution in [2.45, 2.75) is 6.92 Å². The minimum absolute atomic E-state index is 0.285. The number of aldehydes is 1. The molecule has 0 bridgehead atoms. The number of hydrogen-bond donors (Lipinski definition) is 0. The van der Waals surface area contributed by atoms with E-state index in [1.54, 1.807) is 14.2 Å². The van der Waals surface area contributed by atoms with Crippen LogP contribution in [0.1, 0.15) is 28.4 Å². The smallest absolute Gasteiger partial charge is 0.157 e. The van der Waals surface area contributed by atoms with Crippen molar-refractivity contribution < 1.29 is 14.3 Å². The van der Waals surface area contributed by atoms with Crippen LogP contribution in [0.3, 0.4) is 0 Å². The monoisotopic (exact) mass is 360 g/mol. The second-order valence-corrected chi connectivity index (χ2v) is 6.56. The second-order valence-electron chi connectivity index (χ2n) is 6.56. The van der Waals surface area contributed by atoms with Gasteiger partial charge in [-0.2, -0.15) is 0 Å². The highest BCUT2D eigenvalue weighted by molar-refractivity contribution is 5.85. The molecule has 2 aromatic rings. The van der Waals surface area contributed by atoms with E-state index in [9.17, 15) is 4.79 Å². The summed E-state index contributed by atoms with van der Waals surface area (Å²) in [6.45, 7) is 2.24. The Bertz CT molecular complexity index is 866. The Hall–Kier alpha value is -3.07. The summed E-state index contributed by atoms with van der Waals surface area (Å²) in [5.74, 6) is 1.68.